The molecule has 0 aromatic carbocycles. The van der Waals surface area contributed by atoms with Crippen molar-refractivity contribution in [2.75, 3.05) is 13.1 Å². The number of hydrogen-bond donors (Lipinski definition) is 3. The van der Waals surface area contributed by atoms with Gasteiger partial charge in [-0.05, 0) is 46.0 Å². The minimum Gasteiger partial charge on any atom is -0.548 e. The van der Waals surface area contributed by atoms with E-state index >= 15 is 0 Å². The Morgan fingerprint density at radius 3 is 2.03 bits per heavy atom. The summed E-state index contributed by atoms with van der Waals surface area (Å²) in [6.45, 7) is 4.06. The average Bonchev–Trinajstić information content (AvgIpc) is 2.63. The van der Waals surface area contributed by atoms with Crippen LogP contribution in [0.25, 0.3) is 0 Å². The summed E-state index contributed by atoms with van der Waals surface area (Å²) >= 11 is 0. The monoisotopic (exact) mass is 410 g/mol. The van der Waals surface area contributed by atoms with Gasteiger partial charge >= 0.3 is 37.7 Å². The summed E-state index contributed by atoms with van der Waals surface area (Å²) < 4.78 is 0. The van der Waals surface area contributed by atoms with Crippen LogP contribution in [0.4, 0.5) is 0 Å². The number of nitrogens with two attached hydrogens (primary N) is 1. The Morgan fingerprint density at radius 1 is 1.00 bits per heavy atom. The number of rotatable bonds is 10. The van der Waals surface area contributed by atoms with Crippen molar-refractivity contribution in [3.8, 4) is 0 Å². The molecule has 1 aliphatic heterocycles. The molecular weight excluding hydrogens is 382 g/mol. The summed E-state index contributed by atoms with van der Waals surface area (Å²) in [6, 6.07) is -3.12. The molecule has 0 spiro atoms. The maximum atomic E-state index is 12.1. The maximum absolute atomic E-state index is 12.1. The molecule has 1 rings (SSSR count). The van der Waals surface area contributed by atoms with Gasteiger partial charge in [0.2, 0.25) is 11.8 Å². The number of carboxylic acids is 2. The van der Waals surface area contributed by atoms with Crippen LogP contribution in [0.3, 0.4) is 0 Å². The van der Waals surface area contributed by atoms with E-state index < -0.39 is 41.9 Å². The molecule has 1 aliphatic rings. The van der Waals surface area contributed by atoms with Crippen molar-refractivity contribution in [3.63, 3.8) is 0 Å². The molecule has 1 heterocycles. The van der Waals surface area contributed by atoms with E-state index in [1.165, 1.54) is 19.9 Å². The van der Waals surface area contributed by atoms with Crippen molar-refractivity contribution < 1.29 is 67.1 Å². The Morgan fingerprint density at radius 2 is 1.57 bits per heavy atom. The largest absolute Gasteiger partial charge is 1.00 e. The topological polar surface area (TPSA) is 168 Å². The predicted molar refractivity (Wildman–Crippen MR) is 95.9 cm³/mol. The standard InChI is InChI=1S/C18H30N4O6.2Li/c1-11(19)15(23)20-12(2)16(24)21-13(17(25)26)7-6-8-14(18(27)28)22-9-4-3-5-10-22;;/h8,11-13H,3-7,9-10,19H2,1-2H3,(H,20,23)(H,21,24)(H,25,26)(H,27,28);;/q;2*+1/p-2/b14-8-;;/t11-,12-,13-;;/m0../s1. The summed E-state index contributed by atoms with van der Waals surface area (Å²) in [5.41, 5.74) is 5.43. The van der Waals surface area contributed by atoms with Gasteiger partial charge in [0.25, 0.3) is 0 Å². The molecule has 1 saturated heterocycles. The normalized spacial score (nSPS) is 16.8. The molecule has 0 saturated carbocycles. The number of carbonyl (C=O) groups is 4. The summed E-state index contributed by atoms with van der Waals surface area (Å²) in [6.07, 6.45) is 4.24. The van der Waals surface area contributed by atoms with E-state index in [-0.39, 0.29) is 56.3 Å². The Bertz CT molecular complexity index is 624. The molecule has 0 bridgehead atoms. The number of piperidine rings is 1. The van der Waals surface area contributed by atoms with Gasteiger partial charge in [-0.15, -0.1) is 0 Å². The van der Waals surface area contributed by atoms with Crippen molar-refractivity contribution >= 4 is 23.8 Å². The number of aliphatic carboxylic acids is 2. The number of nitrogens with one attached hydrogen (secondary N) is 2. The quantitative estimate of drug-likeness (QED) is 0.236. The summed E-state index contributed by atoms with van der Waals surface area (Å²) in [4.78, 5) is 48.0. The minimum absolute atomic E-state index is 0. The fraction of sp³-hybridized carbons (Fsp3) is 0.667. The molecule has 0 aliphatic carbocycles. The molecule has 0 aromatic rings. The number of carboxylic acid groups (broad SMARTS) is 2. The molecule has 0 aromatic heterocycles. The van der Waals surface area contributed by atoms with Crippen molar-refractivity contribution in [2.24, 2.45) is 5.73 Å². The fourth-order valence-corrected chi connectivity index (χ4v) is 2.82. The van der Waals surface area contributed by atoms with Crippen LogP contribution >= 0.6 is 0 Å². The Balaban J connectivity index is 0. The van der Waals surface area contributed by atoms with Crippen LogP contribution in [0.1, 0.15) is 46.0 Å². The van der Waals surface area contributed by atoms with E-state index in [0.717, 1.165) is 19.3 Å². The van der Waals surface area contributed by atoms with Crippen molar-refractivity contribution in [3.05, 3.63) is 11.8 Å². The third-order valence-electron chi connectivity index (χ3n) is 4.47. The molecule has 12 heteroatoms. The van der Waals surface area contributed by atoms with E-state index in [9.17, 15) is 29.4 Å². The first kappa shape index (κ1) is 30.8. The number of likely N-dealkylation sites (tertiary alicyclic amines) is 1. The Hall–Kier alpha value is -1.43. The first-order chi connectivity index (χ1) is 13.1. The van der Waals surface area contributed by atoms with Gasteiger partial charge in [0.05, 0.1) is 29.7 Å². The molecule has 0 unspecified atom stereocenters. The minimum atomic E-state index is -1.50. The molecule has 4 N–H and O–H groups in total. The van der Waals surface area contributed by atoms with E-state index in [2.05, 4.69) is 10.6 Å². The van der Waals surface area contributed by atoms with Gasteiger partial charge in [-0.3, -0.25) is 9.59 Å². The number of amides is 2. The SMILES string of the molecule is C[C@H](N)C(=O)N[C@@H](C)C(=O)N[C@@H](CC/C=C(/C(=O)[O-])N1CCCCC1)C(=O)[O-].[Li+].[Li+]. The van der Waals surface area contributed by atoms with Gasteiger partial charge in [0.1, 0.15) is 6.04 Å². The third-order valence-corrected chi connectivity index (χ3v) is 4.47. The molecule has 3 atom stereocenters. The van der Waals surface area contributed by atoms with Crippen molar-refractivity contribution in [2.45, 2.75) is 64.1 Å². The Kier molecular flexibility index (Phi) is 15.8. The van der Waals surface area contributed by atoms with Crippen LogP contribution < -0.4 is 64.3 Å². The predicted octanol–water partition coefficient (Wildman–Crippen LogP) is -9.02. The second-order valence-electron chi connectivity index (χ2n) is 6.90. The second-order valence-corrected chi connectivity index (χ2v) is 6.90. The molecular formula is C18H28Li2N4O6. The first-order valence-corrected chi connectivity index (χ1v) is 9.37. The van der Waals surface area contributed by atoms with Crippen LogP contribution in [-0.4, -0.2) is 59.9 Å². The van der Waals surface area contributed by atoms with E-state index in [1.807, 2.05) is 0 Å². The van der Waals surface area contributed by atoms with Crippen LogP contribution in [0.15, 0.2) is 11.8 Å². The molecule has 30 heavy (non-hydrogen) atoms. The zero-order chi connectivity index (χ0) is 21.3. The molecule has 0 radical (unpaired) electrons. The average molecular weight is 410 g/mol. The second kappa shape index (κ2) is 15.4. The van der Waals surface area contributed by atoms with E-state index in [0.29, 0.717) is 13.1 Å². The van der Waals surface area contributed by atoms with Gasteiger partial charge in [0.15, 0.2) is 0 Å². The molecule has 10 nitrogen and oxygen atoms in total. The smallest absolute Gasteiger partial charge is 0.548 e. The van der Waals surface area contributed by atoms with Crippen LogP contribution in [0.5, 0.6) is 0 Å². The van der Waals surface area contributed by atoms with Gasteiger partial charge < -0.3 is 41.1 Å². The zero-order valence-electron chi connectivity index (χ0n) is 18.2. The van der Waals surface area contributed by atoms with Gasteiger partial charge in [0, 0.05) is 13.1 Å². The van der Waals surface area contributed by atoms with Crippen LogP contribution in [0.2, 0.25) is 0 Å². The van der Waals surface area contributed by atoms with Crippen molar-refractivity contribution in [1.82, 2.24) is 15.5 Å². The summed E-state index contributed by atoms with van der Waals surface area (Å²) in [5.74, 6) is -4.07. The van der Waals surface area contributed by atoms with Gasteiger partial charge in [-0.1, -0.05) is 6.08 Å². The van der Waals surface area contributed by atoms with Crippen LogP contribution in [0, 0.1) is 0 Å². The number of allylic oxidation sites excluding steroid dienone is 1. The number of nitrogens with zero attached hydrogens (tertiary/aromatic N) is 1. The van der Waals surface area contributed by atoms with E-state index in [4.69, 9.17) is 5.73 Å². The third kappa shape index (κ3) is 10.6. The number of hydrogen-bond acceptors (Lipinski definition) is 8. The van der Waals surface area contributed by atoms with E-state index in [1.54, 1.807) is 4.90 Å². The fourth-order valence-electron chi connectivity index (χ4n) is 2.82. The molecule has 1 fully saturated rings. The summed E-state index contributed by atoms with van der Waals surface area (Å²) in [5, 5.41) is 27.3. The van der Waals surface area contributed by atoms with Gasteiger partial charge in [-0.2, -0.15) is 0 Å². The maximum Gasteiger partial charge on any atom is 1.00 e. The molecule has 158 valence electrons. The zero-order valence-corrected chi connectivity index (χ0v) is 18.2. The molecule has 2 amide bonds. The van der Waals surface area contributed by atoms with Crippen molar-refractivity contribution in [1.29, 1.82) is 0 Å². The first-order valence-electron chi connectivity index (χ1n) is 9.37. The summed E-state index contributed by atoms with van der Waals surface area (Å²) in [7, 11) is 0. The van der Waals surface area contributed by atoms with Gasteiger partial charge in [-0.25, -0.2) is 0 Å². The Labute approximate surface area is 200 Å². The van der Waals surface area contributed by atoms with Crippen LogP contribution in [-0.2, 0) is 19.2 Å². The number of carbonyl (C=O) groups excluding carboxylic acids is 4.